The molecule has 0 aliphatic heterocycles. The Kier molecular flexibility index (Phi) is 1.35. The van der Waals surface area contributed by atoms with E-state index in [2.05, 4.69) is 5.73 Å². The van der Waals surface area contributed by atoms with Gasteiger partial charge in [0.2, 0.25) is 0 Å². The van der Waals surface area contributed by atoms with Crippen molar-refractivity contribution < 1.29 is 10.0 Å². The van der Waals surface area contributed by atoms with Crippen molar-refractivity contribution >= 4 is 7.12 Å². The molecular weight excluding hydrogens is 103 g/mol. The standard InChI is InChI=1S/C5H5BO2/c7-6(8)5-3-1-2-4-5/h1-3,7-8H. The molecule has 0 radical (unpaired) electrons. The first-order valence-electron chi connectivity index (χ1n) is 2.30. The van der Waals surface area contributed by atoms with Crippen molar-refractivity contribution in [2.24, 2.45) is 0 Å². The molecule has 3 heteroatoms. The van der Waals surface area contributed by atoms with Crippen molar-refractivity contribution in [3.8, 4) is 0 Å². The van der Waals surface area contributed by atoms with E-state index in [-0.39, 0.29) is 0 Å². The zero-order valence-electron chi connectivity index (χ0n) is 4.20. The number of hydrogen-bond acceptors (Lipinski definition) is 2. The van der Waals surface area contributed by atoms with Gasteiger partial charge in [0.15, 0.2) is 0 Å². The van der Waals surface area contributed by atoms with Gasteiger partial charge in [-0.15, -0.1) is 5.73 Å². The smallest absolute Gasteiger partial charge is 0.423 e. The van der Waals surface area contributed by atoms with Crippen molar-refractivity contribution in [3.63, 3.8) is 0 Å². The second-order valence-corrected chi connectivity index (χ2v) is 1.50. The molecule has 0 spiro atoms. The van der Waals surface area contributed by atoms with Gasteiger partial charge in [-0.1, -0.05) is 12.2 Å². The van der Waals surface area contributed by atoms with Crippen LogP contribution in [0.15, 0.2) is 29.4 Å². The molecule has 0 bridgehead atoms. The molecule has 2 nitrogen and oxygen atoms in total. The first kappa shape index (κ1) is 5.38. The lowest BCUT2D eigenvalue weighted by atomic mass is 9.81. The van der Waals surface area contributed by atoms with E-state index in [1.807, 2.05) is 0 Å². The first-order valence-corrected chi connectivity index (χ1v) is 2.30. The van der Waals surface area contributed by atoms with Crippen molar-refractivity contribution in [3.05, 3.63) is 29.4 Å². The minimum atomic E-state index is -1.37. The number of hydrogen-bond donors (Lipinski definition) is 2. The molecule has 1 aliphatic rings. The largest absolute Gasteiger partial charge is 0.496 e. The topological polar surface area (TPSA) is 40.5 Å². The highest BCUT2D eigenvalue weighted by Crippen LogP contribution is 2.01. The molecular formula is C5H5BO2. The third-order valence-corrected chi connectivity index (χ3v) is 0.900. The molecule has 8 heavy (non-hydrogen) atoms. The maximum atomic E-state index is 8.44. The lowest BCUT2D eigenvalue weighted by Gasteiger charge is -1.89. The Hall–Kier alpha value is -0.755. The van der Waals surface area contributed by atoms with E-state index < -0.39 is 7.12 Å². The van der Waals surface area contributed by atoms with E-state index in [4.69, 9.17) is 10.0 Å². The highest BCUT2D eigenvalue weighted by atomic mass is 16.4. The fourth-order valence-corrected chi connectivity index (χ4v) is 0.505. The molecule has 0 fully saturated rings. The zero-order valence-corrected chi connectivity index (χ0v) is 4.20. The average molecular weight is 108 g/mol. The van der Waals surface area contributed by atoms with E-state index in [9.17, 15) is 0 Å². The van der Waals surface area contributed by atoms with Crippen molar-refractivity contribution in [1.82, 2.24) is 0 Å². The molecule has 40 valence electrons. The second-order valence-electron chi connectivity index (χ2n) is 1.50. The average Bonchev–Trinajstić information content (AvgIpc) is 2.12. The summed E-state index contributed by atoms with van der Waals surface area (Å²) in [6.07, 6.45) is 4.94. The summed E-state index contributed by atoms with van der Waals surface area (Å²) in [7, 11) is -1.37. The van der Waals surface area contributed by atoms with Gasteiger partial charge in [0.1, 0.15) is 0 Å². The van der Waals surface area contributed by atoms with Gasteiger partial charge >= 0.3 is 7.12 Å². The Morgan fingerprint density at radius 2 is 2.25 bits per heavy atom. The van der Waals surface area contributed by atoms with Crippen LogP contribution in [0.3, 0.4) is 0 Å². The van der Waals surface area contributed by atoms with Crippen LogP contribution in [0.4, 0.5) is 0 Å². The fourth-order valence-electron chi connectivity index (χ4n) is 0.505. The van der Waals surface area contributed by atoms with Crippen LogP contribution in [-0.2, 0) is 0 Å². The van der Waals surface area contributed by atoms with Gasteiger partial charge in [-0.2, -0.15) is 0 Å². The van der Waals surface area contributed by atoms with Crippen molar-refractivity contribution in [1.29, 1.82) is 0 Å². The van der Waals surface area contributed by atoms with E-state index in [0.29, 0.717) is 5.47 Å². The molecule has 0 aromatic carbocycles. The van der Waals surface area contributed by atoms with Crippen LogP contribution in [0, 0.1) is 0 Å². The van der Waals surface area contributed by atoms with Crippen molar-refractivity contribution in [2.45, 2.75) is 0 Å². The summed E-state index contributed by atoms with van der Waals surface area (Å²) in [6.45, 7) is 0. The minimum Gasteiger partial charge on any atom is -0.423 e. The van der Waals surface area contributed by atoms with Crippen LogP contribution in [0.5, 0.6) is 0 Å². The first-order chi connectivity index (χ1) is 3.80. The molecule has 2 N–H and O–H groups in total. The Morgan fingerprint density at radius 1 is 1.50 bits per heavy atom. The summed E-state index contributed by atoms with van der Waals surface area (Å²) >= 11 is 0. The molecule has 0 saturated carbocycles. The fraction of sp³-hybridized carbons (Fsp3) is 0. The Balaban J connectivity index is 2.74. The molecule has 1 aliphatic carbocycles. The number of allylic oxidation sites excluding steroid dienone is 3. The molecule has 0 saturated heterocycles. The molecule has 0 heterocycles. The number of rotatable bonds is 1. The maximum absolute atomic E-state index is 8.44. The van der Waals surface area contributed by atoms with Gasteiger partial charge < -0.3 is 10.0 Å². The van der Waals surface area contributed by atoms with Gasteiger partial charge in [-0.3, -0.25) is 0 Å². The van der Waals surface area contributed by atoms with Crippen LogP contribution in [0.1, 0.15) is 0 Å². The zero-order chi connectivity index (χ0) is 5.98. The third kappa shape index (κ3) is 0.900. The van der Waals surface area contributed by atoms with Crippen LogP contribution in [-0.4, -0.2) is 17.2 Å². The molecule has 0 aromatic rings. The minimum absolute atomic E-state index is 0.421. The van der Waals surface area contributed by atoms with E-state index >= 15 is 0 Å². The molecule has 0 atom stereocenters. The lowest BCUT2D eigenvalue weighted by Crippen LogP contribution is -2.12. The van der Waals surface area contributed by atoms with Crippen LogP contribution >= 0.6 is 0 Å². The predicted octanol–water partition coefficient (Wildman–Crippen LogP) is -0.350. The van der Waals surface area contributed by atoms with Crippen molar-refractivity contribution in [2.75, 3.05) is 0 Å². The summed E-state index contributed by atoms with van der Waals surface area (Å²) < 4.78 is 0. The second kappa shape index (κ2) is 2.01. The summed E-state index contributed by atoms with van der Waals surface area (Å²) in [5, 5.41) is 16.9. The summed E-state index contributed by atoms with van der Waals surface area (Å²) in [4.78, 5) is 0. The summed E-state index contributed by atoms with van der Waals surface area (Å²) in [5.74, 6) is 0. The maximum Gasteiger partial charge on any atom is 0.496 e. The van der Waals surface area contributed by atoms with E-state index in [0.717, 1.165) is 0 Å². The van der Waals surface area contributed by atoms with E-state index in [1.165, 1.54) is 0 Å². The molecule has 1 rings (SSSR count). The highest BCUT2D eigenvalue weighted by Gasteiger charge is 2.11. The SMILES string of the molecule is OB(O)C1=C=CC=C1. The van der Waals surface area contributed by atoms with Gasteiger partial charge in [-0.05, 0) is 6.08 Å². The van der Waals surface area contributed by atoms with E-state index in [1.54, 1.807) is 18.2 Å². The lowest BCUT2D eigenvalue weighted by molar-refractivity contribution is 0.421. The Labute approximate surface area is 47.6 Å². The Morgan fingerprint density at radius 3 is 2.50 bits per heavy atom. The highest BCUT2D eigenvalue weighted by molar-refractivity contribution is 6.51. The normalized spacial score (nSPS) is 14.5. The van der Waals surface area contributed by atoms with Gasteiger partial charge in [0.05, 0.1) is 0 Å². The third-order valence-electron chi connectivity index (χ3n) is 0.900. The van der Waals surface area contributed by atoms with Gasteiger partial charge in [-0.25, -0.2) is 0 Å². The molecule has 0 unspecified atom stereocenters. The van der Waals surface area contributed by atoms with Gasteiger partial charge in [0, 0.05) is 5.47 Å². The predicted molar refractivity (Wildman–Crippen MR) is 30.9 cm³/mol. The summed E-state index contributed by atoms with van der Waals surface area (Å²) in [5.41, 5.74) is 3.06. The Bertz CT molecular complexity index is 175. The van der Waals surface area contributed by atoms with Crippen LogP contribution in [0.2, 0.25) is 0 Å². The quantitative estimate of drug-likeness (QED) is 0.356. The molecule has 0 aromatic heterocycles. The van der Waals surface area contributed by atoms with Gasteiger partial charge in [0.25, 0.3) is 0 Å². The summed E-state index contributed by atoms with van der Waals surface area (Å²) in [6, 6.07) is 0. The van der Waals surface area contributed by atoms with Crippen LogP contribution < -0.4 is 0 Å². The van der Waals surface area contributed by atoms with Crippen LogP contribution in [0.25, 0.3) is 0 Å². The molecule has 0 amide bonds. The monoisotopic (exact) mass is 108 g/mol.